The number of halogens is 5. The number of aryl methyl sites for hydroxylation is 1. The lowest BCUT2D eigenvalue weighted by Crippen LogP contribution is -2.28. The average molecular weight is 441 g/mol. The van der Waals surface area contributed by atoms with E-state index in [1.54, 1.807) is 0 Å². The molecule has 0 saturated heterocycles. The molecule has 11 heteroatoms. The first kappa shape index (κ1) is 22.3. The Labute approximate surface area is 172 Å². The minimum absolute atomic E-state index is 0.141. The molecule has 1 unspecified atom stereocenters. The Hall–Kier alpha value is -3.34. The number of nitrogens with zero attached hydrogens (tertiary/aromatic N) is 2. The molecule has 0 bridgehead atoms. The van der Waals surface area contributed by atoms with Gasteiger partial charge in [0.15, 0.2) is 11.9 Å². The van der Waals surface area contributed by atoms with E-state index in [1.165, 1.54) is 13.8 Å². The first-order valence-electron chi connectivity index (χ1n) is 8.92. The number of amides is 1. The molecule has 2 aromatic carbocycles. The van der Waals surface area contributed by atoms with Gasteiger partial charge in [0, 0.05) is 24.1 Å². The molecular weight excluding hydrogens is 425 g/mol. The molecule has 1 amide bonds. The van der Waals surface area contributed by atoms with E-state index in [2.05, 4.69) is 15.5 Å². The zero-order valence-electron chi connectivity index (χ0n) is 16.2. The molecule has 0 aliphatic rings. The van der Waals surface area contributed by atoms with Gasteiger partial charge in [-0.1, -0.05) is 5.16 Å². The molecule has 1 heterocycles. The van der Waals surface area contributed by atoms with E-state index in [-0.39, 0.29) is 28.4 Å². The number of alkyl halides is 3. The van der Waals surface area contributed by atoms with E-state index in [4.69, 9.17) is 4.52 Å². The predicted octanol–water partition coefficient (Wildman–Crippen LogP) is 4.41. The van der Waals surface area contributed by atoms with E-state index >= 15 is 0 Å². The fourth-order valence-electron chi connectivity index (χ4n) is 2.84. The molecule has 3 aromatic rings. The normalized spacial score (nSPS) is 13.7. The van der Waals surface area contributed by atoms with Crippen LogP contribution in [0.25, 0.3) is 11.1 Å². The fraction of sp³-hybridized carbons (Fsp3) is 0.250. The zero-order valence-corrected chi connectivity index (χ0v) is 16.2. The summed E-state index contributed by atoms with van der Waals surface area (Å²) in [7, 11) is 0. The number of aliphatic hydroxyl groups is 1. The summed E-state index contributed by atoms with van der Waals surface area (Å²) in [6, 6.07) is 4.60. The highest BCUT2D eigenvalue weighted by molar-refractivity contribution is 5.96. The lowest BCUT2D eigenvalue weighted by Gasteiger charge is -2.18. The maximum Gasteiger partial charge on any atom is 0.418 e. The van der Waals surface area contributed by atoms with E-state index in [0.717, 1.165) is 30.3 Å². The van der Waals surface area contributed by atoms with Gasteiger partial charge in [0.05, 0.1) is 6.04 Å². The van der Waals surface area contributed by atoms with Gasteiger partial charge in [0.2, 0.25) is 5.89 Å². The minimum atomic E-state index is -5.02. The molecule has 3 rings (SSSR count). The quantitative estimate of drug-likeness (QED) is 0.573. The molecule has 2 atom stereocenters. The first-order chi connectivity index (χ1) is 14.5. The van der Waals surface area contributed by atoms with Gasteiger partial charge >= 0.3 is 6.18 Å². The smallest absolute Gasteiger partial charge is 0.379 e. The van der Waals surface area contributed by atoms with Crippen molar-refractivity contribution in [1.82, 2.24) is 15.5 Å². The number of aliphatic hydroxyl groups excluding tert-OH is 1. The molecule has 0 aliphatic carbocycles. The summed E-state index contributed by atoms with van der Waals surface area (Å²) in [5, 5.41) is 15.8. The van der Waals surface area contributed by atoms with Crippen LogP contribution < -0.4 is 5.32 Å². The Kier molecular flexibility index (Phi) is 6.07. The van der Waals surface area contributed by atoms with Crippen LogP contribution in [0.15, 0.2) is 40.9 Å². The molecule has 164 valence electrons. The van der Waals surface area contributed by atoms with Crippen LogP contribution in [0.4, 0.5) is 22.0 Å². The molecule has 0 spiro atoms. The van der Waals surface area contributed by atoms with Crippen LogP contribution >= 0.6 is 0 Å². The van der Waals surface area contributed by atoms with Crippen molar-refractivity contribution in [2.45, 2.75) is 32.2 Å². The van der Waals surface area contributed by atoms with Gasteiger partial charge in [-0.2, -0.15) is 18.2 Å². The van der Waals surface area contributed by atoms with Gasteiger partial charge in [-0.15, -0.1) is 0 Å². The summed E-state index contributed by atoms with van der Waals surface area (Å²) in [4.78, 5) is 16.6. The highest BCUT2D eigenvalue weighted by Gasteiger charge is 2.40. The second kappa shape index (κ2) is 8.42. The van der Waals surface area contributed by atoms with E-state index < -0.39 is 41.4 Å². The molecule has 1 aromatic heterocycles. The summed E-state index contributed by atoms with van der Waals surface area (Å²) in [5.41, 5.74) is -1.35. The second-order valence-electron chi connectivity index (χ2n) is 6.78. The fourth-order valence-corrected chi connectivity index (χ4v) is 2.84. The van der Waals surface area contributed by atoms with Crippen molar-refractivity contribution in [3.05, 3.63) is 70.9 Å². The Balaban J connectivity index is 2.03. The van der Waals surface area contributed by atoms with Crippen LogP contribution in [0, 0.1) is 18.6 Å². The summed E-state index contributed by atoms with van der Waals surface area (Å²) >= 11 is 0. The van der Waals surface area contributed by atoms with Crippen molar-refractivity contribution in [3.8, 4) is 11.1 Å². The number of hydrogen-bond acceptors (Lipinski definition) is 5. The third-order valence-corrected chi connectivity index (χ3v) is 4.36. The second-order valence-corrected chi connectivity index (χ2v) is 6.78. The van der Waals surface area contributed by atoms with Crippen molar-refractivity contribution in [3.63, 3.8) is 0 Å². The monoisotopic (exact) mass is 441 g/mol. The predicted molar refractivity (Wildman–Crippen MR) is 97.7 cm³/mol. The van der Waals surface area contributed by atoms with Crippen LogP contribution in [0.5, 0.6) is 0 Å². The van der Waals surface area contributed by atoms with Crippen LogP contribution in [0.3, 0.4) is 0 Å². The highest BCUT2D eigenvalue weighted by atomic mass is 19.4. The Morgan fingerprint density at radius 2 is 1.87 bits per heavy atom. The number of rotatable bonds is 5. The molecule has 6 nitrogen and oxygen atoms in total. The van der Waals surface area contributed by atoms with Crippen molar-refractivity contribution >= 4 is 5.91 Å². The lowest BCUT2D eigenvalue weighted by atomic mass is 9.96. The van der Waals surface area contributed by atoms with Gasteiger partial charge in [-0.05, 0) is 48.4 Å². The number of aromatic nitrogens is 2. The molecule has 0 saturated carbocycles. The first-order valence-corrected chi connectivity index (χ1v) is 8.92. The SMILES string of the molecule is Cc1nc([C@@H](C)NC(=O)c2cc(-c3ccc(F)cc3F)cc(C(O)C(F)(F)F)c2)no1. The summed E-state index contributed by atoms with van der Waals surface area (Å²) < 4.78 is 71.5. The maximum absolute atomic E-state index is 14.2. The third-order valence-electron chi connectivity index (χ3n) is 4.36. The number of nitrogens with one attached hydrogen (secondary N) is 1. The molecular formula is C20H16F5N3O3. The van der Waals surface area contributed by atoms with Crippen LogP contribution in [-0.2, 0) is 0 Å². The largest absolute Gasteiger partial charge is 0.418 e. The maximum atomic E-state index is 14.2. The van der Waals surface area contributed by atoms with Crippen molar-refractivity contribution in [2.75, 3.05) is 0 Å². The van der Waals surface area contributed by atoms with Crippen molar-refractivity contribution in [2.24, 2.45) is 0 Å². The third kappa shape index (κ3) is 5.05. The Morgan fingerprint density at radius 1 is 1.16 bits per heavy atom. The standard InChI is InChI=1S/C20H16F5N3O3/c1-9(18-27-10(2)31-28-18)26-19(30)13-6-11(15-4-3-14(21)8-16(15)22)5-12(7-13)17(29)20(23,24)25/h3-9,17,29H,1-2H3,(H,26,30)/t9-,17?/m1/s1. The number of hydrogen-bond donors (Lipinski definition) is 2. The Morgan fingerprint density at radius 3 is 2.45 bits per heavy atom. The van der Waals surface area contributed by atoms with Crippen LogP contribution in [0.1, 0.15) is 46.7 Å². The van der Waals surface area contributed by atoms with Crippen LogP contribution in [-0.4, -0.2) is 27.3 Å². The van der Waals surface area contributed by atoms with Crippen molar-refractivity contribution < 1.29 is 36.4 Å². The van der Waals surface area contributed by atoms with Gasteiger partial charge in [0.25, 0.3) is 5.91 Å². The number of benzene rings is 2. The number of carbonyl (C=O) groups is 1. The minimum Gasteiger partial charge on any atom is -0.379 e. The summed E-state index contributed by atoms with van der Waals surface area (Å²) in [6.07, 6.45) is -7.94. The average Bonchev–Trinajstić information content (AvgIpc) is 3.12. The molecule has 31 heavy (non-hydrogen) atoms. The molecule has 0 aliphatic heterocycles. The molecule has 0 radical (unpaired) electrons. The van der Waals surface area contributed by atoms with Gasteiger partial charge in [0.1, 0.15) is 11.6 Å². The van der Waals surface area contributed by atoms with Crippen LogP contribution in [0.2, 0.25) is 0 Å². The topological polar surface area (TPSA) is 88.2 Å². The molecule has 2 N–H and O–H groups in total. The summed E-state index contributed by atoms with van der Waals surface area (Å²) in [6.45, 7) is 3.06. The van der Waals surface area contributed by atoms with Gasteiger partial charge in [-0.25, -0.2) is 8.78 Å². The number of carbonyl (C=O) groups excluding carboxylic acids is 1. The summed E-state index contributed by atoms with van der Waals surface area (Å²) in [5.74, 6) is -2.35. The molecule has 0 fully saturated rings. The van der Waals surface area contributed by atoms with E-state index in [0.29, 0.717) is 6.07 Å². The zero-order chi connectivity index (χ0) is 22.9. The van der Waals surface area contributed by atoms with Gasteiger partial charge < -0.3 is 14.9 Å². The van der Waals surface area contributed by atoms with Gasteiger partial charge in [-0.3, -0.25) is 4.79 Å². The van der Waals surface area contributed by atoms with E-state index in [9.17, 15) is 31.9 Å². The van der Waals surface area contributed by atoms with Crippen molar-refractivity contribution in [1.29, 1.82) is 0 Å². The Bertz CT molecular complexity index is 1110. The lowest BCUT2D eigenvalue weighted by molar-refractivity contribution is -0.206. The van der Waals surface area contributed by atoms with E-state index in [1.807, 2.05) is 0 Å². The highest BCUT2D eigenvalue weighted by Crippen LogP contribution is 2.35.